The lowest BCUT2D eigenvalue weighted by Gasteiger charge is -2.14. The Kier molecular flexibility index (Phi) is 4.38. The standard InChI is InChI=1S/C27H20N2/c1-19-25(21-11-4-2-5-12-21)28-27(29-26(19)22-13-6-3-7-14-22)24-17-16-20-10-8-9-15-23(20)18-24/h2-18H,1H3. The van der Waals surface area contributed by atoms with Crippen LogP contribution in [-0.2, 0) is 0 Å². The van der Waals surface area contributed by atoms with Crippen molar-refractivity contribution in [1.82, 2.24) is 9.97 Å². The highest BCUT2D eigenvalue weighted by atomic mass is 14.9. The third-order valence-corrected chi connectivity index (χ3v) is 5.25. The van der Waals surface area contributed by atoms with Crippen LogP contribution in [0.5, 0.6) is 0 Å². The van der Waals surface area contributed by atoms with Gasteiger partial charge in [-0.1, -0.05) is 97.1 Å². The van der Waals surface area contributed by atoms with E-state index in [1.165, 1.54) is 10.8 Å². The van der Waals surface area contributed by atoms with Gasteiger partial charge in [-0.2, -0.15) is 0 Å². The summed E-state index contributed by atoms with van der Waals surface area (Å²) in [6.45, 7) is 2.11. The summed E-state index contributed by atoms with van der Waals surface area (Å²) >= 11 is 0. The number of aromatic nitrogens is 2. The highest BCUT2D eigenvalue weighted by Gasteiger charge is 2.15. The number of fused-ring (bicyclic) bond motifs is 1. The number of nitrogens with zero attached hydrogens (tertiary/aromatic N) is 2. The summed E-state index contributed by atoms with van der Waals surface area (Å²) in [5.74, 6) is 0.749. The smallest absolute Gasteiger partial charge is 0.160 e. The monoisotopic (exact) mass is 372 g/mol. The molecule has 5 aromatic rings. The zero-order valence-electron chi connectivity index (χ0n) is 16.2. The van der Waals surface area contributed by atoms with Gasteiger partial charge < -0.3 is 0 Å². The summed E-state index contributed by atoms with van der Waals surface area (Å²) in [5.41, 5.74) is 6.27. The lowest BCUT2D eigenvalue weighted by molar-refractivity contribution is 1.15. The zero-order chi connectivity index (χ0) is 19.6. The molecule has 138 valence electrons. The lowest BCUT2D eigenvalue weighted by atomic mass is 10.00. The van der Waals surface area contributed by atoms with E-state index in [4.69, 9.17) is 9.97 Å². The normalized spacial score (nSPS) is 10.9. The van der Waals surface area contributed by atoms with Gasteiger partial charge in [0.05, 0.1) is 11.4 Å². The third-order valence-electron chi connectivity index (χ3n) is 5.25. The van der Waals surface area contributed by atoms with E-state index in [1.807, 2.05) is 12.1 Å². The molecule has 0 aliphatic carbocycles. The first kappa shape index (κ1) is 17.3. The van der Waals surface area contributed by atoms with Gasteiger partial charge in [0.25, 0.3) is 0 Å². The minimum Gasteiger partial charge on any atom is -0.228 e. The Bertz CT molecular complexity index is 1230. The lowest BCUT2D eigenvalue weighted by Crippen LogP contribution is -2.00. The highest BCUT2D eigenvalue weighted by Crippen LogP contribution is 2.32. The van der Waals surface area contributed by atoms with Gasteiger partial charge in [-0.3, -0.25) is 0 Å². The third kappa shape index (κ3) is 3.30. The molecule has 0 amide bonds. The van der Waals surface area contributed by atoms with Crippen molar-refractivity contribution in [3.05, 3.63) is 109 Å². The molecule has 0 radical (unpaired) electrons. The van der Waals surface area contributed by atoms with Crippen molar-refractivity contribution < 1.29 is 0 Å². The molecule has 2 nitrogen and oxygen atoms in total. The Morgan fingerprint density at radius 2 is 1.00 bits per heavy atom. The van der Waals surface area contributed by atoms with Crippen molar-refractivity contribution in [2.24, 2.45) is 0 Å². The maximum Gasteiger partial charge on any atom is 0.160 e. The molecule has 29 heavy (non-hydrogen) atoms. The van der Waals surface area contributed by atoms with Gasteiger partial charge in [-0.05, 0) is 23.8 Å². The second-order valence-corrected chi connectivity index (χ2v) is 7.16. The second-order valence-electron chi connectivity index (χ2n) is 7.16. The predicted octanol–water partition coefficient (Wildman–Crippen LogP) is 6.94. The maximum atomic E-state index is 4.99. The molecule has 0 aliphatic rings. The number of rotatable bonds is 3. The summed E-state index contributed by atoms with van der Waals surface area (Å²) in [4.78, 5) is 9.99. The number of hydrogen-bond acceptors (Lipinski definition) is 2. The van der Waals surface area contributed by atoms with Crippen molar-refractivity contribution in [2.75, 3.05) is 0 Å². The van der Waals surface area contributed by atoms with E-state index < -0.39 is 0 Å². The molecule has 0 saturated heterocycles. The molecule has 1 heterocycles. The quantitative estimate of drug-likeness (QED) is 0.343. The summed E-state index contributed by atoms with van der Waals surface area (Å²) in [7, 11) is 0. The molecule has 5 rings (SSSR count). The molecule has 0 bridgehead atoms. The first-order valence-electron chi connectivity index (χ1n) is 9.78. The SMILES string of the molecule is Cc1c(-c2ccccc2)nc(-c2ccc3ccccc3c2)nc1-c1ccccc1. The molecule has 0 spiro atoms. The molecule has 1 aromatic heterocycles. The van der Waals surface area contributed by atoms with Gasteiger partial charge in [-0.25, -0.2) is 9.97 Å². The summed E-state index contributed by atoms with van der Waals surface area (Å²) in [6.07, 6.45) is 0. The summed E-state index contributed by atoms with van der Waals surface area (Å²) in [6, 6.07) is 35.5. The van der Waals surface area contributed by atoms with E-state index in [9.17, 15) is 0 Å². The van der Waals surface area contributed by atoms with Crippen molar-refractivity contribution in [3.63, 3.8) is 0 Å². The van der Waals surface area contributed by atoms with Crippen molar-refractivity contribution in [1.29, 1.82) is 0 Å². The molecule has 0 atom stereocenters. The average molecular weight is 372 g/mol. The topological polar surface area (TPSA) is 25.8 Å². The van der Waals surface area contributed by atoms with Crippen LogP contribution in [0.4, 0.5) is 0 Å². The second kappa shape index (κ2) is 7.33. The minimum atomic E-state index is 0.749. The molecular weight excluding hydrogens is 352 g/mol. The molecule has 0 unspecified atom stereocenters. The van der Waals surface area contributed by atoms with E-state index in [0.29, 0.717) is 0 Å². The largest absolute Gasteiger partial charge is 0.228 e. The van der Waals surface area contributed by atoms with Crippen molar-refractivity contribution in [3.8, 4) is 33.9 Å². The van der Waals surface area contributed by atoms with Gasteiger partial charge in [0.15, 0.2) is 5.82 Å². The average Bonchev–Trinajstić information content (AvgIpc) is 2.80. The van der Waals surface area contributed by atoms with Crippen LogP contribution in [0.1, 0.15) is 5.56 Å². The van der Waals surface area contributed by atoms with E-state index in [1.54, 1.807) is 0 Å². The van der Waals surface area contributed by atoms with Crippen LogP contribution in [0, 0.1) is 6.92 Å². The van der Waals surface area contributed by atoms with E-state index in [0.717, 1.165) is 39.5 Å². The molecule has 0 N–H and O–H groups in total. The zero-order valence-corrected chi connectivity index (χ0v) is 16.2. The van der Waals surface area contributed by atoms with E-state index in [2.05, 4.69) is 97.9 Å². The van der Waals surface area contributed by atoms with E-state index in [-0.39, 0.29) is 0 Å². The van der Waals surface area contributed by atoms with Crippen molar-refractivity contribution in [2.45, 2.75) is 6.92 Å². The summed E-state index contributed by atoms with van der Waals surface area (Å²) < 4.78 is 0. The molecular formula is C27H20N2. The van der Waals surface area contributed by atoms with E-state index >= 15 is 0 Å². The molecule has 0 aliphatic heterocycles. The van der Waals surface area contributed by atoms with Gasteiger partial charge in [0.2, 0.25) is 0 Å². The van der Waals surface area contributed by atoms with Gasteiger partial charge in [0, 0.05) is 22.3 Å². The molecule has 4 aromatic carbocycles. The Morgan fingerprint density at radius 3 is 1.59 bits per heavy atom. The fraction of sp³-hybridized carbons (Fsp3) is 0.0370. The van der Waals surface area contributed by atoms with Crippen LogP contribution in [-0.4, -0.2) is 9.97 Å². The molecule has 0 fully saturated rings. The van der Waals surface area contributed by atoms with Crippen molar-refractivity contribution >= 4 is 10.8 Å². The number of benzene rings is 4. The fourth-order valence-electron chi connectivity index (χ4n) is 3.73. The van der Waals surface area contributed by atoms with Crippen LogP contribution < -0.4 is 0 Å². The minimum absolute atomic E-state index is 0.749. The van der Waals surface area contributed by atoms with Crippen LogP contribution in [0.2, 0.25) is 0 Å². The Morgan fingerprint density at radius 1 is 0.483 bits per heavy atom. The van der Waals surface area contributed by atoms with Crippen LogP contribution in [0.25, 0.3) is 44.7 Å². The fourth-order valence-corrected chi connectivity index (χ4v) is 3.73. The summed E-state index contributed by atoms with van der Waals surface area (Å²) in [5, 5.41) is 2.41. The highest BCUT2D eigenvalue weighted by molar-refractivity contribution is 5.87. The van der Waals surface area contributed by atoms with Crippen LogP contribution in [0.15, 0.2) is 103 Å². The molecule has 2 heteroatoms. The Hall–Kier alpha value is -3.78. The van der Waals surface area contributed by atoms with Crippen LogP contribution in [0.3, 0.4) is 0 Å². The van der Waals surface area contributed by atoms with Crippen LogP contribution >= 0.6 is 0 Å². The maximum absolute atomic E-state index is 4.99. The van der Waals surface area contributed by atoms with Gasteiger partial charge in [-0.15, -0.1) is 0 Å². The number of hydrogen-bond donors (Lipinski definition) is 0. The first-order valence-corrected chi connectivity index (χ1v) is 9.78. The molecule has 0 saturated carbocycles. The Labute approximate surface area is 170 Å². The predicted molar refractivity (Wildman–Crippen MR) is 121 cm³/mol. The van der Waals surface area contributed by atoms with Gasteiger partial charge >= 0.3 is 0 Å². The first-order chi connectivity index (χ1) is 14.3. The Balaban J connectivity index is 1.76. The van der Waals surface area contributed by atoms with Gasteiger partial charge in [0.1, 0.15) is 0 Å².